The third-order valence-electron chi connectivity index (χ3n) is 5.54. The molecule has 25 heavy (non-hydrogen) atoms. The lowest BCUT2D eigenvalue weighted by Crippen LogP contribution is -2.35. The van der Waals surface area contributed by atoms with Crippen LogP contribution in [0.4, 0.5) is 0 Å². The first kappa shape index (κ1) is 17.2. The third kappa shape index (κ3) is 3.98. The van der Waals surface area contributed by atoms with Crippen LogP contribution in [-0.2, 0) is 11.2 Å². The lowest BCUT2D eigenvalue weighted by atomic mass is 9.89. The number of fused-ring (bicyclic) bond motifs is 1. The van der Waals surface area contributed by atoms with Crippen LogP contribution in [0.1, 0.15) is 54.5 Å². The number of ether oxygens (including phenoxy) is 1. The van der Waals surface area contributed by atoms with Crippen molar-refractivity contribution in [1.29, 1.82) is 0 Å². The Morgan fingerprint density at radius 1 is 1.20 bits per heavy atom. The molecule has 0 spiro atoms. The fourth-order valence-electron chi connectivity index (χ4n) is 4.32. The predicted octanol–water partition coefficient (Wildman–Crippen LogP) is 4.34. The SMILES string of the molecule is O[C@H](CO[C@H]1CCCc2ccccc21)CN1CCC[C@H]1c1ccsc1. The molecule has 0 saturated carbocycles. The Hall–Kier alpha value is -1.20. The Bertz CT molecular complexity index is 672. The fraction of sp³-hybridized carbons (Fsp3) is 0.524. The van der Waals surface area contributed by atoms with Gasteiger partial charge in [-0.15, -0.1) is 0 Å². The van der Waals surface area contributed by atoms with Gasteiger partial charge in [0.05, 0.1) is 18.8 Å². The van der Waals surface area contributed by atoms with Gasteiger partial charge in [0.15, 0.2) is 0 Å². The van der Waals surface area contributed by atoms with Crippen LogP contribution in [0.3, 0.4) is 0 Å². The van der Waals surface area contributed by atoms with Crippen molar-refractivity contribution in [2.24, 2.45) is 0 Å². The lowest BCUT2D eigenvalue weighted by molar-refractivity contribution is -0.0294. The van der Waals surface area contributed by atoms with E-state index in [1.807, 2.05) is 0 Å². The Kier molecular flexibility index (Phi) is 5.51. The van der Waals surface area contributed by atoms with E-state index in [0.29, 0.717) is 19.2 Å². The zero-order chi connectivity index (χ0) is 17.1. The number of hydrogen-bond donors (Lipinski definition) is 1. The number of nitrogens with zero attached hydrogens (tertiary/aromatic N) is 1. The molecular formula is C21H27NO2S. The highest BCUT2D eigenvalue weighted by molar-refractivity contribution is 7.07. The summed E-state index contributed by atoms with van der Waals surface area (Å²) >= 11 is 1.76. The summed E-state index contributed by atoms with van der Waals surface area (Å²) < 4.78 is 6.13. The van der Waals surface area contributed by atoms with Gasteiger partial charge in [-0.2, -0.15) is 11.3 Å². The van der Waals surface area contributed by atoms with Gasteiger partial charge >= 0.3 is 0 Å². The van der Waals surface area contributed by atoms with Crippen molar-refractivity contribution in [3.63, 3.8) is 0 Å². The number of benzene rings is 1. The van der Waals surface area contributed by atoms with Crippen molar-refractivity contribution in [1.82, 2.24) is 4.90 Å². The summed E-state index contributed by atoms with van der Waals surface area (Å²) in [6.45, 7) is 2.20. The predicted molar refractivity (Wildman–Crippen MR) is 102 cm³/mol. The quantitative estimate of drug-likeness (QED) is 0.835. The van der Waals surface area contributed by atoms with Crippen LogP contribution < -0.4 is 0 Å². The molecule has 1 aromatic carbocycles. The highest BCUT2D eigenvalue weighted by Crippen LogP contribution is 2.34. The van der Waals surface area contributed by atoms with Crippen LogP contribution in [-0.4, -0.2) is 35.8 Å². The first-order valence-corrected chi connectivity index (χ1v) is 10.4. The zero-order valence-corrected chi connectivity index (χ0v) is 15.5. The van der Waals surface area contributed by atoms with Crippen molar-refractivity contribution >= 4 is 11.3 Å². The van der Waals surface area contributed by atoms with Crippen molar-refractivity contribution in [3.05, 3.63) is 57.8 Å². The Labute approximate surface area is 154 Å². The van der Waals surface area contributed by atoms with Crippen molar-refractivity contribution < 1.29 is 9.84 Å². The van der Waals surface area contributed by atoms with Gasteiger partial charge in [-0.05, 0) is 72.2 Å². The molecule has 1 N–H and O–H groups in total. The van der Waals surface area contributed by atoms with Gasteiger partial charge in [-0.3, -0.25) is 4.90 Å². The molecule has 4 rings (SSSR count). The van der Waals surface area contributed by atoms with Gasteiger partial charge in [-0.25, -0.2) is 0 Å². The minimum Gasteiger partial charge on any atom is -0.389 e. The molecule has 2 aliphatic rings. The molecule has 1 fully saturated rings. The molecular weight excluding hydrogens is 330 g/mol. The van der Waals surface area contributed by atoms with Crippen molar-refractivity contribution in [2.75, 3.05) is 19.7 Å². The summed E-state index contributed by atoms with van der Waals surface area (Å²) in [4.78, 5) is 2.42. The van der Waals surface area contributed by atoms with Crippen LogP contribution in [0, 0.1) is 0 Å². The molecule has 134 valence electrons. The van der Waals surface area contributed by atoms with E-state index in [0.717, 1.165) is 19.4 Å². The van der Waals surface area contributed by atoms with Crippen molar-refractivity contribution in [3.8, 4) is 0 Å². The normalized spacial score (nSPS) is 25.0. The molecule has 1 saturated heterocycles. The van der Waals surface area contributed by atoms with Crippen molar-refractivity contribution in [2.45, 2.75) is 50.4 Å². The minimum atomic E-state index is -0.423. The zero-order valence-electron chi connectivity index (χ0n) is 14.6. The molecule has 2 aromatic rings. The highest BCUT2D eigenvalue weighted by Gasteiger charge is 2.28. The average molecular weight is 358 g/mol. The second kappa shape index (κ2) is 8.00. The minimum absolute atomic E-state index is 0.144. The maximum Gasteiger partial charge on any atom is 0.0900 e. The van der Waals surface area contributed by atoms with E-state index >= 15 is 0 Å². The summed E-state index contributed by atoms with van der Waals surface area (Å²) in [5.74, 6) is 0. The van der Waals surface area contributed by atoms with Gasteiger partial charge in [0.1, 0.15) is 0 Å². The fourth-order valence-corrected chi connectivity index (χ4v) is 5.03. The largest absolute Gasteiger partial charge is 0.389 e. The van der Waals surface area contributed by atoms with Gasteiger partial charge in [0, 0.05) is 12.6 Å². The monoisotopic (exact) mass is 357 g/mol. The number of rotatable bonds is 6. The summed E-state index contributed by atoms with van der Waals surface area (Å²) in [5, 5.41) is 14.9. The summed E-state index contributed by atoms with van der Waals surface area (Å²) in [7, 11) is 0. The first-order valence-electron chi connectivity index (χ1n) is 9.45. The molecule has 0 unspecified atom stereocenters. The molecule has 1 aliphatic carbocycles. The summed E-state index contributed by atoms with van der Waals surface area (Å²) in [6.07, 6.45) is 5.51. The molecule has 3 atom stereocenters. The molecule has 1 aliphatic heterocycles. The molecule has 1 aromatic heterocycles. The molecule has 2 heterocycles. The Morgan fingerprint density at radius 3 is 3.00 bits per heavy atom. The average Bonchev–Trinajstić information content (AvgIpc) is 3.31. The summed E-state index contributed by atoms with van der Waals surface area (Å²) in [5.41, 5.74) is 4.13. The smallest absolute Gasteiger partial charge is 0.0900 e. The van der Waals surface area contributed by atoms with Crippen LogP contribution in [0.15, 0.2) is 41.1 Å². The van der Waals surface area contributed by atoms with Gasteiger partial charge in [0.25, 0.3) is 0 Å². The van der Waals surface area contributed by atoms with E-state index in [-0.39, 0.29) is 6.10 Å². The van der Waals surface area contributed by atoms with Gasteiger partial charge in [0.2, 0.25) is 0 Å². The molecule has 4 heteroatoms. The number of thiophene rings is 1. The summed E-state index contributed by atoms with van der Waals surface area (Å²) in [6, 6.07) is 11.3. The van der Waals surface area contributed by atoms with E-state index in [1.54, 1.807) is 11.3 Å². The topological polar surface area (TPSA) is 32.7 Å². The Morgan fingerprint density at radius 2 is 2.12 bits per heavy atom. The number of hydrogen-bond acceptors (Lipinski definition) is 4. The Balaban J connectivity index is 1.32. The number of likely N-dealkylation sites (tertiary alicyclic amines) is 1. The van der Waals surface area contributed by atoms with Gasteiger partial charge < -0.3 is 9.84 Å². The van der Waals surface area contributed by atoms with Crippen LogP contribution in [0.25, 0.3) is 0 Å². The van der Waals surface area contributed by atoms with E-state index in [9.17, 15) is 5.11 Å². The molecule has 0 bridgehead atoms. The lowest BCUT2D eigenvalue weighted by Gasteiger charge is -2.29. The number of β-amino-alcohol motifs (C(OH)–C–C–N with tert-alkyl or cyclic N) is 1. The standard InChI is InChI=1S/C21H27NO2S/c23-18(13-22-11-4-8-20(22)17-10-12-25-15-17)14-24-21-9-3-6-16-5-1-2-7-19(16)21/h1-2,5,7,10,12,15,18,20-21,23H,3-4,6,8-9,11,13-14H2/t18-,20-,21-/m0/s1. The maximum atomic E-state index is 10.5. The maximum absolute atomic E-state index is 10.5. The first-order chi connectivity index (χ1) is 12.3. The van der Waals surface area contributed by atoms with E-state index in [1.165, 1.54) is 36.0 Å². The van der Waals surface area contributed by atoms with E-state index < -0.39 is 6.10 Å². The van der Waals surface area contributed by atoms with Gasteiger partial charge in [-0.1, -0.05) is 24.3 Å². The second-order valence-electron chi connectivity index (χ2n) is 7.28. The van der Waals surface area contributed by atoms with E-state index in [2.05, 4.69) is 46.0 Å². The number of aryl methyl sites for hydroxylation is 1. The molecule has 0 amide bonds. The highest BCUT2D eigenvalue weighted by atomic mass is 32.1. The number of aliphatic hydroxyl groups is 1. The number of aliphatic hydroxyl groups excluding tert-OH is 1. The van der Waals surface area contributed by atoms with Crippen LogP contribution in [0.5, 0.6) is 0 Å². The van der Waals surface area contributed by atoms with Crippen LogP contribution in [0.2, 0.25) is 0 Å². The molecule has 3 nitrogen and oxygen atoms in total. The van der Waals surface area contributed by atoms with E-state index in [4.69, 9.17) is 4.74 Å². The third-order valence-corrected chi connectivity index (χ3v) is 6.24. The second-order valence-corrected chi connectivity index (χ2v) is 8.06. The van der Waals surface area contributed by atoms with Crippen LogP contribution >= 0.6 is 11.3 Å². The molecule has 0 radical (unpaired) electrons.